The molecule has 3 aliphatic rings. The highest BCUT2D eigenvalue weighted by atomic mass is 32.1. The molecule has 1 aromatic heterocycles. The van der Waals surface area contributed by atoms with Crippen LogP contribution in [0.1, 0.15) is 35.4 Å². The highest BCUT2D eigenvalue weighted by Crippen LogP contribution is 2.26. The molecular weight excluding hydrogens is 364 g/mol. The molecule has 0 bridgehead atoms. The van der Waals surface area contributed by atoms with E-state index in [4.69, 9.17) is 0 Å². The molecular formula is C19H26N4O3S. The number of carbonyl (C=O) groups is 3. The van der Waals surface area contributed by atoms with Gasteiger partial charge in [-0.3, -0.25) is 14.4 Å². The molecule has 8 heteroatoms. The van der Waals surface area contributed by atoms with Gasteiger partial charge >= 0.3 is 0 Å². The van der Waals surface area contributed by atoms with Crippen LogP contribution < -0.4 is 5.32 Å². The maximum absolute atomic E-state index is 13.2. The van der Waals surface area contributed by atoms with E-state index < -0.39 is 0 Å². The summed E-state index contributed by atoms with van der Waals surface area (Å²) >= 11 is 1.42. The molecule has 0 aliphatic carbocycles. The first-order valence-corrected chi connectivity index (χ1v) is 10.7. The van der Waals surface area contributed by atoms with Gasteiger partial charge in [0.05, 0.1) is 11.4 Å². The molecule has 4 heterocycles. The zero-order chi connectivity index (χ0) is 18.8. The molecule has 2 unspecified atom stereocenters. The Balaban J connectivity index is 1.43. The number of rotatable bonds is 3. The zero-order valence-corrected chi connectivity index (χ0v) is 16.2. The number of carbonyl (C=O) groups excluding carboxylic acids is 3. The molecule has 3 saturated heterocycles. The van der Waals surface area contributed by atoms with Crippen molar-refractivity contribution < 1.29 is 14.4 Å². The first kappa shape index (κ1) is 18.4. The number of piperazine rings is 1. The van der Waals surface area contributed by atoms with Gasteiger partial charge in [-0.2, -0.15) is 0 Å². The van der Waals surface area contributed by atoms with Crippen LogP contribution in [-0.4, -0.2) is 83.8 Å². The predicted molar refractivity (Wildman–Crippen MR) is 103 cm³/mol. The number of thiophene rings is 1. The molecule has 2 atom stereocenters. The van der Waals surface area contributed by atoms with Crippen LogP contribution in [0, 0.1) is 0 Å². The Hall–Kier alpha value is -1.93. The number of piperidine rings is 1. The minimum absolute atomic E-state index is 0.0355. The van der Waals surface area contributed by atoms with Gasteiger partial charge in [0.1, 0.15) is 6.04 Å². The molecule has 0 aromatic carbocycles. The maximum atomic E-state index is 13.2. The van der Waals surface area contributed by atoms with Crippen molar-refractivity contribution in [2.45, 2.75) is 37.8 Å². The van der Waals surface area contributed by atoms with Crippen molar-refractivity contribution in [2.75, 3.05) is 39.3 Å². The van der Waals surface area contributed by atoms with Crippen molar-refractivity contribution in [2.24, 2.45) is 0 Å². The Labute approximate surface area is 163 Å². The summed E-state index contributed by atoms with van der Waals surface area (Å²) in [7, 11) is 0. The fourth-order valence-corrected chi connectivity index (χ4v) is 5.11. The van der Waals surface area contributed by atoms with Crippen molar-refractivity contribution >= 4 is 29.1 Å². The van der Waals surface area contributed by atoms with Gasteiger partial charge in [-0.1, -0.05) is 6.07 Å². The van der Waals surface area contributed by atoms with Crippen LogP contribution in [-0.2, 0) is 9.59 Å². The molecule has 1 N–H and O–H groups in total. The molecule has 1 aromatic rings. The number of nitrogens with zero attached hydrogens (tertiary/aromatic N) is 3. The fourth-order valence-electron chi connectivity index (χ4n) is 4.44. The largest absolute Gasteiger partial charge is 0.339 e. The summed E-state index contributed by atoms with van der Waals surface area (Å²) in [6.45, 7) is 3.84. The third kappa shape index (κ3) is 3.73. The Morgan fingerprint density at radius 2 is 2.00 bits per heavy atom. The molecule has 146 valence electrons. The standard InChI is InChI=1S/C19H26N4O3S/c24-17-12-20-7-10-22(17)14-4-1-8-21(13-14)18(25)15-5-2-9-23(15)19(26)16-6-3-11-27-16/h3,6,11,14-15,20H,1-2,4-5,7-10,12-13H2. The lowest BCUT2D eigenvalue weighted by molar-refractivity contribution is -0.142. The van der Waals surface area contributed by atoms with Crippen LogP contribution in [0.4, 0.5) is 0 Å². The Kier molecular flexibility index (Phi) is 5.45. The Morgan fingerprint density at radius 1 is 1.15 bits per heavy atom. The number of amides is 3. The van der Waals surface area contributed by atoms with Crippen LogP contribution in [0.25, 0.3) is 0 Å². The van der Waals surface area contributed by atoms with E-state index in [2.05, 4.69) is 5.32 Å². The molecule has 0 spiro atoms. The quantitative estimate of drug-likeness (QED) is 0.828. The van der Waals surface area contributed by atoms with E-state index in [-0.39, 0.29) is 29.8 Å². The van der Waals surface area contributed by atoms with Gasteiger partial charge in [0.2, 0.25) is 11.8 Å². The second kappa shape index (κ2) is 7.98. The van der Waals surface area contributed by atoms with Crippen molar-refractivity contribution in [3.05, 3.63) is 22.4 Å². The Bertz CT molecular complexity index is 708. The van der Waals surface area contributed by atoms with Crippen molar-refractivity contribution in [1.29, 1.82) is 0 Å². The summed E-state index contributed by atoms with van der Waals surface area (Å²) in [5.41, 5.74) is 0. The van der Waals surface area contributed by atoms with Crippen LogP contribution in [0.2, 0.25) is 0 Å². The second-order valence-electron chi connectivity index (χ2n) is 7.48. The third-order valence-electron chi connectivity index (χ3n) is 5.81. The third-order valence-corrected chi connectivity index (χ3v) is 6.66. The van der Waals surface area contributed by atoms with Crippen molar-refractivity contribution in [3.63, 3.8) is 0 Å². The first-order valence-electron chi connectivity index (χ1n) is 9.78. The minimum Gasteiger partial charge on any atom is -0.339 e. The van der Waals surface area contributed by atoms with E-state index >= 15 is 0 Å². The average molecular weight is 391 g/mol. The van der Waals surface area contributed by atoms with E-state index in [0.717, 1.165) is 32.2 Å². The Morgan fingerprint density at radius 3 is 2.78 bits per heavy atom. The van der Waals surface area contributed by atoms with Gasteiger partial charge in [-0.05, 0) is 37.1 Å². The molecule has 0 radical (unpaired) electrons. The van der Waals surface area contributed by atoms with Crippen LogP contribution >= 0.6 is 11.3 Å². The lowest BCUT2D eigenvalue weighted by Crippen LogP contribution is -2.59. The topological polar surface area (TPSA) is 73.0 Å². The summed E-state index contributed by atoms with van der Waals surface area (Å²) < 4.78 is 0. The highest BCUT2D eigenvalue weighted by molar-refractivity contribution is 7.12. The molecule has 3 amide bonds. The fraction of sp³-hybridized carbons (Fsp3) is 0.632. The van der Waals surface area contributed by atoms with Crippen LogP contribution in [0.5, 0.6) is 0 Å². The minimum atomic E-state index is -0.364. The zero-order valence-electron chi connectivity index (χ0n) is 15.4. The average Bonchev–Trinajstić information content (AvgIpc) is 3.39. The van der Waals surface area contributed by atoms with Crippen molar-refractivity contribution in [3.8, 4) is 0 Å². The molecule has 7 nitrogen and oxygen atoms in total. The molecule has 0 saturated carbocycles. The SMILES string of the molecule is O=C(C1CCCN1C(=O)c1cccs1)N1CCCC(N2CCNCC2=O)C1. The predicted octanol–water partition coefficient (Wildman–Crippen LogP) is 0.776. The number of nitrogens with one attached hydrogen (secondary N) is 1. The summed E-state index contributed by atoms with van der Waals surface area (Å²) in [4.78, 5) is 44.4. The van der Waals surface area contributed by atoms with Crippen LogP contribution in [0.15, 0.2) is 17.5 Å². The van der Waals surface area contributed by atoms with Gasteiger partial charge in [0.25, 0.3) is 5.91 Å². The maximum Gasteiger partial charge on any atom is 0.264 e. The molecule has 3 fully saturated rings. The monoisotopic (exact) mass is 390 g/mol. The van der Waals surface area contributed by atoms with E-state index in [1.54, 1.807) is 4.90 Å². The van der Waals surface area contributed by atoms with Gasteiger partial charge in [0.15, 0.2) is 0 Å². The number of likely N-dealkylation sites (tertiary alicyclic amines) is 2. The highest BCUT2D eigenvalue weighted by Gasteiger charge is 2.39. The lowest BCUT2D eigenvalue weighted by atomic mass is 10.0. The van der Waals surface area contributed by atoms with E-state index in [0.29, 0.717) is 37.6 Å². The molecule has 27 heavy (non-hydrogen) atoms. The van der Waals surface area contributed by atoms with Crippen LogP contribution in [0.3, 0.4) is 0 Å². The summed E-state index contributed by atoms with van der Waals surface area (Å²) in [5, 5.41) is 4.99. The number of hydrogen-bond acceptors (Lipinski definition) is 5. The van der Waals surface area contributed by atoms with Gasteiger partial charge in [-0.25, -0.2) is 0 Å². The molecule has 4 rings (SSSR count). The van der Waals surface area contributed by atoms with Gasteiger partial charge < -0.3 is 20.0 Å². The first-order chi connectivity index (χ1) is 13.1. The summed E-state index contributed by atoms with van der Waals surface area (Å²) in [6, 6.07) is 3.42. The normalized spacial score (nSPS) is 26.5. The van der Waals surface area contributed by atoms with E-state index in [9.17, 15) is 14.4 Å². The summed E-state index contributed by atoms with van der Waals surface area (Å²) in [5.74, 6) is 0.132. The smallest absolute Gasteiger partial charge is 0.264 e. The lowest BCUT2D eigenvalue weighted by Gasteiger charge is -2.42. The van der Waals surface area contributed by atoms with E-state index in [1.165, 1.54) is 11.3 Å². The van der Waals surface area contributed by atoms with Gasteiger partial charge in [0, 0.05) is 38.8 Å². The van der Waals surface area contributed by atoms with Gasteiger partial charge in [-0.15, -0.1) is 11.3 Å². The van der Waals surface area contributed by atoms with E-state index in [1.807, 2.05) is 27.3 Å². The molecule has 3 aliphatic heterocycles. The summed E-state index contributed by atoms with van der Waals surface area (Å²) in [6.07, 6.45) is 3.43. The second-order valence-corrected chi connectivity index (χ2v) is 8.43. The number of hydrogen-bond donors (Lipinski definition) is 1. The van der Waals surface area contributed by atoms with Crippen molar-refractivity contribution in [1.82, 2.24) is 20.0 Å².